The van der Waals surface area contributed by atoms with Crippen LogP contribution in [0.25, 0.3) is 22.2 Å². The summed E-state index contributed by atoms with van der Waals surface area (Å²) in [5.74, 6) is 0.316. The molecule has 1 unspecified atom stereocenters. The van der Waals surface area contributed by atoms with Crippen molar-refractivity contribution in [2.75, 3.05) is 24.1 Å². The summed E-state index contributed by atoms with van der Waals surface area (Å²) in [4.78, 5) is 16.9. The lowest BCUT2D eigenvalue weighted by Gasteiger charge is -2.23. The summed E-state index contributed by atoms with van der Waals surface area (Å²) in [5.41, 5.74) is 10.3. The molecule has 156 valence electrons. The molecule has 0 radical (unpaired) electrons. The van der Waals surface area contributed by atoms with E-state index < -0.39 is 0 Å². The minimum absolute atomic E-state index is 0.150. The van der Waals surface area contributed by atoms with Gasteiger partial charge in [0.05, 0.1) is 16.9 Å². The minimum atomic E-state index is -0.150. The number of carbonyl (C=O) groups excluding carboxylic acids is 1. The molecule has 7 heteroatoms. The number of aromatic nitrogens is 3. The van der Waals surface area contributed by atoms with Crippen molar-refractivity contribution in [2.45, 2.75) is 18.9 Å². The highest BCUT2D eigenvalue weighted by Crippen LogP contribution is 2.34. The van der Waals surface area contributed by atoms with Crippen molar-refractivity contribution in [1.82, 2.24) is 20.1 Å². The van der Waals surface area contributed by atoms with E-state index in [1.807, 2.05) is 60.7 Å². The Hall–Kier alpha value is -3.71. The molecule has 1 amide bonds. The molecule has 1 fully saturated rings. The maximum atomic E-state index is 12.6. The number of pyridine rings is 1. The molecule has 0 spiro atoms. The smallest absolute Gasteiger partial charge is 0.255 e. The van der Waals surface area contributed by atoms with Crippen molar-refractivity contribution in [1.29, 1.82) is 0 Å². The number of amides is 1. The van der Waals surface area contributed by atoms with Crippen molar-refractivity contribution >= 4 is 28.3 Å². The normalized spacial score (nSPS) is 16.3. The van der Waals surface area contributed by atoms with E-state index in [1.165, 1.54) is 0 Å². The Morgan fingerprint density at radius 3 is 2.65 bits per heavy atom. The lowest BCUT2D eigenvalue weighted by molar-refractivity contribution is 0.102. The highest BCUT2D eigenvalue weighted by atomic mass is 16.1. The number of rotatable bonds is 4. The van der Waals surface area contributed by atoms with Crippen LogP contribution in [0.5, 0.6) is 0 Å². The number of nitrogens with zero attached hydrogens (tertiary/aromatic N) is 3. The Bertz CT molecular complexity index is 1210. The van der Waals surface area contributed by atoms with Gasteiger partial charge >= 0.3 is 0 Å². The van der Waals surface area contributed by atoms with E-state index in [1.54, 1.807) is 6.20 Å². The van der Waals surface area contributed by atoms with Gasteiger partial charge in [0, 0.05) is 29.6 Å². The lowest BCUT2D eigenvalue weighted by Crippen LogP contribution is -2.32. The SMILES string of the molecule is Nc1nccc2c1c(-c1ccc(C(=O)Nc3ccccc3)cc1)nn2C1CCCNC1. The first-order chi connectivity index (χ1) is 15.2. The molecule has 2 aromatic carbocycles. The van der Waals surface area contributed by atoms with E-state index in [0.29, 0.717) is 11.4 Å². The standard InChI is InChI=1S/C24H24N6O/c25-23-21-20(12-14-27-23)30(19-7-4-13-26-15-19)29-22(21)16-8-10-17(11-9-16)24(31)28-18-5-2-1-3-6-18/h1-3,5-6,8-12,14,19,26H,4,7,13,15H2,(H2,25,27)(H,28,31). The summed E-state index contributed by atoms with van der Waals surface area (Å²) in [6, 6.07) is 19.1. The number of nitrogens with one attached hydrogen (secondary N) is 2. The average molecular weight is 412 g/mol. The van der Waals surface area contributed by atoms with Crippen LogP contribution in [-0.4, -0.2) is 33.8 Å². The van der Waals surface area contributed by atoms with Gasteiger partial charge in [-0.3, -0.25) is 9.48 Å². The van der Waals surface area contributed by atoms with E-state index in [4.69, 9.17) is 10.8 Å². The highest BCUT2D eigenvalue weighted by molar-refractivity contribution is 6.05. The van der Waals surface area contributed by atoms with Crippen LogP contribution in [0.1, 0.15) is 29.2 Å². The third-order valence-corrected chi connectivity index (χ3v) is 5.72. The Morgan fingerprint density at radius 1 is 1.10 bits per heavy atom. The largest absolute Gasteiger partial charge is 0.383 e. The molecule has 3 heterocycles. The van der Waals surface area contributed by atoms with Crippen LogP contribution in [0.4, 0.5) is 11.5 Å². The van der Waals surface area contributed by atoms with Gasteiger partial charge in [-0.05, 0) is 49.7 Å². The minimum Gasteiger partial charge on any atom is -0.383 e. The summed E-state index contributed by atoms with van der Waals surface area (Å²) in [6.07, 6.45) is 3.92. The first kappa shape index (κ1) is 19.3. The van der Waals surface area contributed by atoms with Crippen molar-refractivity contribution in [2.24, 2.45) is 0 Å². The Morgan fingerprint density at radius 2 is 1.90 bits per heavy atom. The van der Waals surface area contributed by atoms with Crippen molar-refractivity contribution in [3.63, 3.8) is 0 Å². The molecular formula is C24H24N6O. The molecule has 4 N–H and O–H groups in total. The fourth-order valence-corrected chi connectivity index (χ4v) is 4.14. The zero-order valence-corrected chi connectivity index (χ0v) is 17.1. The third kappa shape index (κ3) is 3.75. The molecule has 1 aliphatic rings. The second-order valence-electron chi connectivity index (χ2n) is 7.78. The molecule has 1 aliphatic heterocycles. The van der Waals surface area contributed by atoms with E-state index in [0.717, 1.165) is 53.8 Å². The number of fused-ring (bicyclic) bond motifs is 1. The zero-order valence-electron chi connectivity index (χ0n) is 17.1. The molecule has 1 atom stereocenters. The predicted molar refractivity (Wildman–Crippen MR) is 123 cm³/mol. The summed E-state index contributed by atoms with van der Waals surface area (Å²) in [7, 11) is 0. The number of carbonyl (C=O) groups is 1. The number of nitrogens with two attached hydrogens (primary N) is 1. The highest BCUT2D eigenvalue weighted by Gasteiger charge is 2.22. The van der Waals surface area contributed by atoms with Gasteiger partial charge in [-0.2, -0.15) is 5.10 Å². The second-order valence-corrected chi connectivity index (χ2v) is 7.78. The number of benzene rings is 2. The van der Waals surface area contributed by atoms with Crippen molar-refractivity contribution < 1.29 is 4.79 Å². The van der Waals surface area contributed by atoms with Crippen molar-refractivity contribution in [3.05, 3.63) is 72.4 Å². The summed E-state index contributed by atoms with van der Waals surface area (Å²) >= 11 is 0. The monoisotopic (exact) mass is 412 g/mol. The Kier molecular flexibility index (Phi) is 5.09. The van der Waals surface area contributed by atoms with Crippen LogP contribution in [0.2, 0.25) is 0 Å². The Balaban J connectivity index is 1.48. The topological polar surface area (TPSA) is 97.9 Å². The maximum absolute atomic E-state index is 12.6. The van der Waals surface area contributed by atoms with Crippen LogP contribution in [-0.2, 0) is 0 Å². The number of hydrogen-bond acceptors (Lipinski definition) is 5. The van der Waals surface area contributed by atoms with Gasteiger partial charge in [0.2, 0.25) is 0 Å². The summed E-state index contributed by atoms with van der Waals surface area (Å²) < 4.78 is 2.07. The van der Waals surface area contributed by atoms with Crippen LogP contribution in [0.3, 0.4) is 0 Å². The molecule has 4 aromatic rings. The molecule has 7 nitrogen and oxygen atoms in total. The predicted octanol–water partition coefficient (Wildman–Crippen LogP) is 3.86. The molecule has 0 aliphatic carbocycles. The summed E-state index contributed by atoms with van der Waals surface area (Å²) in [5, 5.41) is 12.2. The van der Waals surface area contributed by atoms with Gasteiger partial charge < -0.3 is 16.4 Å². The first-order valence-corrected chi connectivity index (χ1v) is 10.5. The number of nitrogen functional groups attached to an aromatic ring is 1. The van der Waals surface area contributed by atoms with Gasteiger partial charge in [0.25, 0.3) is 5.91 Å². The first-order valence-electron chi connectivity index (χ1n) is 10.5. The quantitative estimate of drug-likeness (QED) is 0.473. The van der Waals surface area contributed by atoms with Gasteiger partial charge in [-0.1, -0.05) is 30.3 Å². The van der Waals surface area contributed by atoms with Crippen LogP contribution in [0.15, 0.2) is 66.9 Å². The van der Waals surface area contributed by atoms with E-state index in [-0.39, 0.29) is 11.9 Å². The molecule has 2 aromatic heterocycles. The molecule has 0 bridgehead atoms. The number of anilines is 2. The zero-order chi connectivity index (χ0) is 21.2. The Labute approximate surface area is 180 Å². The number of piperidine rings is 1. The van der Waals surface area contributed by atoms with Crippen LogP contribution >= 0.6 is 0 Å². The molecule has 31 heavy (non-hydrogen) atoms. The van der Waals surface area contributed by atoms with Crippen LogP contribution in [0, 0.1) is 0 Å². The van der Waals surface area contributed by atoms with Gasteiger partial charge in [-0.25, -0.2) is 4.98 Å². The number of hydrogen-bond donors (Lipinski definition) is 3. The van der Waals surface area contributed by atoms with Gasteiger partial charge in [-0.15, -0.1) is 0 Å². The molecular weight excluding hydrogens is 388 g/mol. The maximum Gasteiger partial charge on any atom is 0.255 e. The lowest BCUT2D eigenvalue weighted by atomic mass is 10.1. The fraction of sp³-hybridized carbons (Fsp3) is 0.208. The van der Waals surface area contributed by atoms with Gasteiger partial charge in [0.1, 0.15) is 11.5 Å². The van der Waals surface area contributed by atoms with Gasteiger partial charge in [0.15, 0.2) is 0 Å². The third-order valence-electron chi connectivity index (χ3n) is 5.72. The average Bonchev–Trinajstić information content (AvgIpc) is 3.21. The molecule has 1 saturated heterocycles. The van der Waals surface area contributed by atoms with Crippen LogP contribution < -0.4 is 16.4 Å². The number of para-hydroxylation sites is 1. The van der Waals surface area contributed by atoms with E-state index in [9.17, 15) is 4.79 Å². The van der Waals surface area contributed by atoms with E-state index >= 15 is 0 Å². The van der Waals surface area contributed by atoms with Crippen molar-refractivity contribution in [3.8, 4) is 11.3 Å². The second kappa shape index (κ2) is 8.20. The molecule has 0 saturated carbocycles. The fourth-order valence-electron chi connectivity index (χ4n) is 4.14. The summed E-state index contributed by atoms with van der Waals surface area (Å²) in [6.45, 7) is 1.93. The van der Waals surface area contributed by atoms with E-state index in [2.05, 4.69) is 20.3 Å². The molecule has 5 rings (SSSR count).